The van der Waals surface area contributed by atoms with Crippen LogP contribution < -0.4 is 0 Å². The Bertz CT molecular complexity index is 649. The zero-order valence-corrected chi connectivity index (χ0v) is 12.7. The van der Waals surface area contributed by atoms with Crippen molar-refractivity contribution in [2.75, 3.05) is 0 Å². The van der Waals surface area contributed by atoms with Gasteiger partial charge in [0.1, 0.15) is 0 Å². The van der Waals surface area contributed by atoms with Crippen LogP contribution in [0.2, 0.25) is 0 Å². The van der Waals surface area contributed by atoms with E-state index in [4.69, 9.17) is 0 Å². The fourth-order valence-electron chi connectivity index (χ4n) is 2.84. The second-order valence-corrected chi connectivity index (χ2v) is 5.43. The van der Waals surface area contributed by atoms with Gasteiger partial charge in [-0.3, -0.25) is 0 Å². The molecule has 0 atom stereocenters. The molecule has 2 heteroatoms. The zero-order valence-electron chi connectivity index (χ0n) is 12.7. The Hall–Kier alpha value is -2.22. The van der Waals surface area contributed by atoms with Crippen LogP contribution in [0.1, 0.15) is 48.1 Å². The maximum atomic E-state index is 3.57. The normalized spacial score (nSPS) is 11.2. The van der Waals surface area contributed by atoms with Crippen LogP contribution in [0.5, 0.6) is 0 Å². The molecule has 3 rings (SSSR count). The van der Waals surface area contributed by atoms with Crippen LogP contribution >= 0.6 is 0 Å². The topological polar surface area (TPSA) is 31.6 Å². The number of aryl methyl sites for hydroxylation is 2. The summed E-state index contributed by atoms with van der Waals surface area (Å²) in [6, 6.07) is 19.5. The Balaban J connectivity index is 2.06. The van der Waals surface area contributed by atoms with Gasteiger partial charge in [-0.15, -0.1) is 0 Å². The smallest absolute Gasteiger partial charge is 0.0641 e. The zero-order chi connectivity index (χ0) is 14.7. The quantitative estimate of drug-likeness (QED) is 0.681. The molecular weight excluding hydrogens is 256 g/mol. The van der Waals surface area contributed by atoms with Crippen LogP contribution in [-0.2, 0) is 12.8 Å². The average Bonchev–Trinajstić information content (AvgIpc) is 3.18. The fourth-order valence-corrected chi connectivity index (χ4v) is 2.84. The van der Waals surface area contributed by atoms with Crippen molar-refractivity contribution in [2.24, 2.45) is 0 Å². The SMILES string of the molecule is CCc1ccc(C(c2ccccc2)c2ccc(CC)[nH]2)[nH]1. The summed E-state index contributed by atoms with van der Waals surface area (Å²) in [4.78, 5) is 7.13. The molecule has 2 heterocycles. The standard InChI is InChI=1S/C19H22N2/c1-3-15-10-12-17(20-15)19(14-8-6-5-7-9-14)18-13-11-16(4-2)21-18/h5-13,19-21H,3-4H2,1-2H3. The first-order valence-corrected chi connectivity index (χ1v) is 7.72. The molecule has 0 unspecified atom stereocenters. The van der Waals surface area contributed by atoms with E-state index in [0.717, 1.165) is 12.8 Å². The predicted molar refractivity (Wildman–Crippen MR) is 87.7 cm³/mol. The number of nitrogens with one attached hydrogen (secondary N) is 2. The molecule has 3 aromatic rings. The van der Waals surface area contributed by atoms with Gasteiger partial charge >= 0.3 is 0 Å². The minimum atomic E-state index is 0.242. The molecule has 0 aliphatic heterocycles. The molecule has 0 saturated heterocycles. The monoisotopic (exact) mass is 278 g/mol. The fraction of sp³-hybridized carbons (Fsp3) is 0.263. The lowest BCUT2D eigenvalue weighted by Crippen LogP contribution is -2.04. The van der Waals surface area contributed by atoms with Gasteiger partial charge < -0.3 is 9.97 Å². The Morgan fingerprint density at radius 3 is 1.67 bits per heavy atom. The molecular formula is C19H22N2. The van der Waals surface area contributed by atoms with E-state index in [1.807, 2.05) is 0 Å². The van der Waals surface area contributed by atoms with Gasteiger partial charge in [-0.1, -0.05) is 44.2 Å². The number of aromatic nitrogens is 2. The first kappa shape index (κ1) is 13.7. The van der Waals surface area contributed by atoms with E-state index < -0.39 is 0 Å². The van der Waals surface area contributed by atoms with Crippen LogP contribution in [-0.4, -0.2) is 9.97 Å². The van der Waals surface area contributed by atoms with Crippen molar-refractivity contribution in [3.05, 3.63) is 82.9 Å². The Labute approximate surface area is 126 Å². The summed E-state index contributed by atoms with van der Waals surface area (Å²) in [5.41, 5.74) is 6.39. The molecule has 2 nitrogen and oxygen atoms in total. The highest BCUT2D eigenvalue weighted by Gasteiger charge is 2.19. The van der Waals surface area contributed by atoms with Crippen LogP contribution in [0.25, 0.3) is 0 Å². The third-order valence-electron chi connectivity index (χ3n) is 4.05. The number of aromatic amines is 2. The van der Waals surface area contributed by atoms with Gasteiger partial charge in [-0.05, 0) is 42.7 Å². The number of H-pyrrole nitrogens is 2. The van der Waals surface area contributed by atoms with E-state index in [0.29, 0.717) is 0 Å². The van der Waals surface area contributed by atoms with Crippen LogP contribution in [0.3, 0.4) is 0 Å². The van der Waals surface area contributed by atoms with Crippen molar-refractivity contribution in [1.29, 1.82) is 0 Å². The van der Waals surface area contributed by atoms with E-state index in [1.165, 1.54) is 28.3 Å². The van der Waals surface area contributed by atoms with E-state index in [9.17, 15) is 0 Å². The summed E-state index contributed by atoms with van der Waals surface area (Å²) in [5, 5.41) is 0. The van der Waals surface area contributed by atoms with Crippen molar-refractivity contribution in [3.8, 4) is 0 Å². The molecule has 0 aliphatic carbocycles. The molecule has 1 aromatic carbocycles. The van der Waals surface area contributed by atoms with Gasteiger partial charge in [-0.25, -0.2) is 0 Å². The molecule has 0 aliphatic rings. The highest BCUT2D eigenvalue weighted by Crippen LogP contribution is 2.31. The molecule has 0 saturated carbocycles. The molecule has 0 bridgehead atoms. The lowest BCUT2D eigenvalue weighted by atomic mass is 9.93. The predicted octanol–water partition coefficient (Wildman–Crippen LogP) is 4.65. The molecule has 2 N–H and O–H groups in total. The molecule has 108 valence electrons. The Morgan fingerprint density at radius 1 is 0.714 bits per heavy atom. The van der Waals surface area contributed by atoms with Crippen LogP contribution in [0, 0.1) is 0 Å². The summed E-state index contributed by atoms with van der Waals surface area (Å²) in [6.07, 6.45) is 2.07. The second-order valence-electron chi connectivity index (χ2n) is 5.43. The molecule has 2 aromatic heterocycles. The Morgan fingerprint density at radius 2 is 1.24 bits per heavy atom. The molecule has 0 fully saturated rings. The average molecular weight is 278 g/mol. The largest absolute Gasteiger partial charge is 0.361 e. The molecule has 0 amide bonds. The van der Waals surface area contributed by atoms with Crippen molar-refractivity contribution >= 4 is 0 Å². The maximum absolute atomic E-state index is 3.57. The third-order valence-corrected chi connectivity index (χ3v) is 4.05. The highest BCUT2D eigenvalue weighted by molar-refractivity contribution is 5.39. The van der Waals surface area contributed by atoms with E-state index in [-0.39, 0.29) is 5.92 Å². The first-order chi connectivity index (χ1) is 10.3. The van der Waals surface area contributed by atoms with Crippen molar-refractivity contribution in [2.45, 2.75) is 32.6 Å². The van der Waals surface area contributed by atoms with Gasteiger partial charge in [0.25, 0.3) is 0 Å². The van der Waals surface area contributed by atoms with Gasteiger partial charge in [0.2, 0.25) is 0 Å². The first-order valence-electron chi connectivity index (χ1n) is 7.72. The van der Waals surface area contributed by atoms with Crippen molar-refractivity contribution < 1.29 is 0 Å². The summed E-state index contributed by atoms with van der Waals surface area (Å²) in [5.74, 6) is 0.242. The summed E-state index contributed by atoms with van der Waals surface area (Å²) in [7, 11) is 0. The van der Waals surface area contributed by atoms with Gasteiger partial charge in [0.05, 0.1) is 5.92 Å². The number of rotatable bonds is 5. The second kappa shape index (κ2) is 6.04. The van der Waals surface area contributed by atoms with E-state index >= 15 is 0 Å². The molecule has 0 spiro atoms. The highest BCUT2D eigenvalue weighted by atomic mass is 14.8. The van der Waals surface area contributed by atoms with Gasteiger partial charge in [0, 0.05) is 22.8 Å². The minimum Gasteiger partial charge on any atom is -0.361 e. The van der Waals surface area contributed by atoms with E-state index in [1.54, 1.807) is 0 Å². The van der Waals surface area contributed by atoms with E-state index in [2.05, 4.69) is 78.4 Å². The summed E-state index contributed by atoms with van der Waals surface area (Å²) >= 11 is 0. The lowest BCUT2D eigenvalue weighted by Gasteiger charge is -2.15. The van der Waals surface area contributed by atoms with Crippen LogP contribution in [0.15, 0.2) is 54.6 Å². The van der Waals surface area contributed by atoms with Gasteiger partial charge in [-0.2, -0.15) is 0 Å². The lowest BCUT2D eigenvalue weighted by molar-refractivity contribution is 0.872. The maximum Gasteiger partial charge on any atom is 0.0641 e. The number of benzene rings is 1. The van der Waals surface area contributed by atoms with Crippen LogP contribution in [0.4, 0.5) is 0 Å². The molecule has 0 radical (unpaired) electrons. The summed E-state index contributed by atoms with van der Waals surface area (Å²) < 4.78 is 0. The van der Waals surface area contributed by atoms with Crippen molar-refractivity contribution in [3.63, 3.8) is 0 Å². The third kappa shape index (κ3) is 2.80. The summed E-state index contributed by atoms with van der Waals surface area (Å²) in [6.45, 7) is 4.36. The Kier molecular flexibility index (Phi) is 3.96. The minimum absolute atomic E-state index is 0.242. The number of hydrogen-bond acceptors (Lipinski definition) is 0. The molecule has 21 heavy (non-hydrogen) atoms. The van der Waals surface area contributed by atoms with Crippen molar-refractivity contribution in [1.82, 2.24) is 9.97 Å². The number of hydrogen-bond donors (Lipinski definition) is 2. The van der Waals surface area contributed by atoms with Gasteiger partial charge in [0.15, 0.2) is 0 Å².